The number of halogens is 2. The summed E-state index contributed by atoms with van der Waals surface area (Å²) in [7, 11) is -4.34. The monoisotopic (exact) mass is 388 g/mol. The number of ether oxygens (including phenoxy) is 1. The highest BCUT2D eigenvalue weighted by atomic mass is 32.2. The Kier molecular flexibility index (Phi) is 5.64. The van der Waals surface area contributed by atoms with E-state index in [-0.39, 0.29) is 13.2 Å². The van der Waals surface area contributed by atoms with Gasteiger partial charge in [0.1, 0.15) is 29.5 Å². The van der Waals surface area contributed by atoms with Crippen molar-refractivity contribution in [2.45, 2.75) is 4.90 Å². The predicted octanol–water partition coefficient (Wildman–Crippen LogP) is 2.87. The van der Waals surface area contributed by atoms with Crippen LogP contribution in [-0.4, -0.2) is 26.6 Å². The highest BCUT2D eigenvalue weighted by Crippen LogP contribution is 2.22. The van der Waals surface area contributed by atoms with E-state index in [1.165, 1.54) is 0 Å². The van der Waals surface area contributed by atoms with Gasteiger partial charge >= 0.3 is 0 Å². The summed E-state index contributed by atoms with van der Waals surface area (Å²) in [4.78, 5) is 3.22. The number of rotatable bonds is 5. The lowest BCUT2D eigenvalue weighted by molar-refractivity contribution is 0.374. The van der Waals surface area contributed by atoms with Gasteiger partial charge in [0.2, 0.25) is 10.0 Å². The zero-order chi connectivity index (χ0) is 19.3. The number of pyridine rings is 1. The number of benzene rings is 2. The molecule has 0 aliphatic rings. The van der Waals surface area contributed by atoms with Crippen LogP contribution in [0.3, 0.4) is 0 Å². The van der Waals surface area contributed by atoms with Crippen LogP contribution in [0.1, 0.15) is 0 Å². The van der Waals surface area contributed by atoms with E-state index in [1.807, 2.05) is 29.0 Å². The topological polar surface area (TPSA) is 68.3 Å². The molecule has 27 heavy (non-hydrogen) atoms. The maximum absolute atomic E-state index is 13.6. The molecule has 5 nitrogen and oxygen atoms in total. The second-order valence-corrected chi connectivity index (χ2v) is 7.05. The molecule has 0 aliphatic carbocycles. The van der Waals surface area contributed by atoms with Crippen LogP contribution in [0.15, 0.2) is 59.6 Å². The number of hydrogen-bond acceptors (Lipinski definition) is 4. The van der Waals surface area contributed by atoms with E-state index in [0.717, 1.165) is 23.6 Å². The molecule has 0 fully saturated rings. The van der Waals surface area contributed by atoms with Gasteiger partial charge in [-0.15, -0.1) is 0 Å². The van der Waals surface area contributed by atoms with Gasteiger partial charge in [-0.25, -0.2) is 17.2 Å². The summed E-state index contributed by atoms with van der Waals surface area (Å²) in [6, 6.07) is 12.0. The molecule has 3 rings (SSSR count). The summed E-state index contributed by atoms with van der Waals surface area (Å²) in [6.45, 7) is -0.307. The molecule has 0 aliphatic heterocycles. The lowest BCUT2D eigenvalue weighted by Gasteiger charge is -2.06. The largest absolute Gasteiger partial charge is 0.479 e. The molecule has 3 aromatic rings. The Bertz CT molecular complexity index is 1110. The molecule has 0 bridgehead atoms. The number of hydrogen-bond donors (Lipinski definition) is 1. The van der Waals surface area contributed by atoms with Gasteiger partial charge in [0.05, 0.1) is 6.54 Å². The summed E-state index contributed by atoms with van der Waals surface area (Å²) in [5, 5.41) is 0.919. The molecular weight excluding hydrogens is 374 g/mol. The molecule has 0 unspecified atom stereocenters. The smallest absolute Gasteiger partial charge is 0.247 e. The average molecular weight is 388 g/mol. The van der Waals surface area contributed by atoms with Gasteiger partial charge in [0, 0.05) is 11.6 Å². The third kappa shape index (κ3) is 4.39. The van der Waals surface area contributed by atoms with E-state index in [2.05, 4.69) is 16.8 Å². The molecule has 0 spiro atoms. The molecule has 0 amide bonds. The molecule has 0 atom stereocenters. The minimum Gasteiger partial charge on any atom is -0.479 e. The van der Waals surface area contributed by atoms with Crippen LogP contribution >= 0.6 is 0 Å². The Morgan fingerprint density at radius 3 is 2.48 bits per heavy atom. The predicted molar refractivity (Wildman–Crippen MR) is 96.6 cm³/mol. The second-order valence-electron chi connectivity index (χ2n) is 5.35. The zero-order valence-corrected chi connectivity index (χ0v) is 14.8. The van der Waals surface area contributed by atoms with E-state index in [4.69, 9.17) is 4.74 Å². The summed E-state index contributed by atoms with van der Waals surface area (Å²) in [5.41, 5.74) is 0.692. The van der Waals surface area contributed by atoms with E-state index < -0.39 is 26.6 Å². The summed E-state index contributed by atoms with van der Waals surface area (Å²) < 4.78 is 58.7. The maximum atomic E-state index is 13.6. The van der Waals surface area contributed by atoms with Crippen molar-refractivity contribution in [3.63, 3.8) is 0 Å². The van der Waals surface area contributed by atoms with Gasteiger partial charge < -0.3 is 4.74 Å². The van der Waals surface area contributed by atoms with Crippen LogP contribution in [0.4, 0.5) is 8.78 Å². The molecule has 0 saturated heterocycles. The normalized spacial score (nSPS) is 11.0. The molecule has 2 aromatic carbocycles. The van der Waals surface area contributed by atoms with Gasteiger partial charge in [0.25, 0.3) is 0 Å². The van der Waals surface area contributed by atoms with Crippen molar-refractivity contribution < 1.29 is 21.9 Å². The van der Waals surface area contributed by atoms with E-state index >= 15 is 0 Å². The third-order valence-corrected chi connectivity index (χ3v) is 5.01. The molecule has 8 heteroatoms. The first-order chi connectivity index (χ1) is 13.0. The second kappa shape index (κ2) is 8.12. The van der Waals surface area contributed by atoms with Crippen molar-refractivity contribution in [3.05, 3.63) is 66.4 Å². The molecular formula is C19H14F2N2O3S. The SMILES string of the molecule is O=S(=O)(NCC#CCOc1cccc2cccnc12)c1c(F)cccc1F. The Morgan fingerprint density at radius 2 is 1.70 bits per heavy atom. The van der Waals surface area contributed by atoms with E-state index in [9.17, 15) is 17.2 Å². The number of para-hydroxylation sites is 1. The first-order valence-electron chi connectivity index (χ1n) is 7.85. The Balaban J connectivity index is 1.60. The van der Waals surface area contributed by atoms with Crippen molar-refractivity contribution in [2.75, 3.05) is 13.2 Å². The molecule has 1 heterocycles. The fourth-order valence-electron chi connectivity index (χ4n) is 2.36. The molecule has 1 aromatic heterocycles. The minimum absolute atomic E-state index is 0.00543. The molecule has 1 N–H and O–H groups in total. The average Bonchev–Trinajstić information content (AvgIpc) is 2.64. The Labute approximate surface area is 155 Å². The molecule has 0 saturated carbocycles. The van der Waals surface area contributed by atoms with E-state index in [0.29, 0.717) is 11.3 Å². The van der Waals surface area contributed by atoms with Crippen molar-refractivity contribution >= 4 is 20.9 Å². The first-order valence-corrected chi connectivity index (χ1v) is 9.33. The van der Waals surface area contributed by atoms with Crippen LogP contribution in [0, 0.1) is 23.5 Å². The van der Waals surface area contributed by atoms with Crippen LogP contribution in [0.2, 0.25) is 0 Å². The molecule has 0 radical (unpaired) electrons. The fourth-order valence-corrected chi connectivity index (χ4v) is 3.42. The highest BCUT2D eigenvalue weighted by Gasteiger charge is 2.22. The number of nitrogens with zero attached hydrogens (tertiary/aromatic N) is 1. The standard InChI is InChI=1S/C19H14F2N2O3S/c20-15-8-4-9-16(21)19(15)27(24,25)23-12-1-2-13-26-17-10-3-6-14-7-5-11-22-18(14)17/h3-11,23H,12-13H2. The van der Waals surface area contributed by atoms with E-state index in [1.54, 1.807) is 12.3 Å². The highest BCUT2D eigenvalue weighted by molar-refractivity contribution is 7.89. The Morgan fingerprint density at radius 1 is 1.00 bits per heavy atom. The van der Waals surface area contributed by atoms with Crippen molar-refractivity contribution in [1.82, 2.24) is 9.71 Å². The summed E-state index contributed by atoms with van der Waals surface area (Å²) in [6.07, 6.45) is 1.65. The Hall–Kier alpha value is -3.02. The van der Waals surface area contributed by atoms with Crippen LogP contribution in [0.5, 0.6) is 5.75 Å². The van der Waals surface area contributed by atoms with Gasteiger partial charge in [-0.05, 0) is 24.3 Å². The van der Waals surface area contributed by atoms with Crippen LogP contribution < -0.4 is 9.46 Å². The number of sulfonamides is 1. The van der Waals surface area contributed by atoms with Gasteiger partial charge in [-0.2, -0.15) is 4.72 Å². The van der Waals surface area contributed by atoms with Crippen LogP contribution in [0.25, 0.3) is 10.9 Å². The number of fused-ring (bicyclic) bond motifs is 1. The lowest BCUT2D eigenvalue weighted by atomic mass is 10.2. The summed E-state index contributed by atoms with van der Waals surface area (Å²) in [5.74, 6) is 3.40. The first kappa shape index (κ1) is 18.8. The maximum Gasteiger partial charge on any atom is 0.247 e. The van der Waals surface area contributed by atoms with Crippen LogP contribution in [-0.2, 0) is 10.0 Å². The minimum atomic E-state index is -4.34. The summed E-state index contributed by atoms with van der Waals surface area (Å²) >= 11 is 0. The zero-order valence-electron chi connectivity index (χ0n) is 13.9. The van der Waals surface area contributed by atoms with Crippen molar-refractivity contribution in [1.29, 1.82) is 0 Å². The number of nitrogens with one attached hydrogen (secondary N) is 1. The number of aromatic nitrogens is 1. The third-order valence-electron chi connectivity index (χ3n) is 3.56. The van der Waals surface area contributed by atoms with Gasteiger partial charge in [-0.3, -0.25) is 4.98 Å². The quantitative estimate of drug-likeness (QED) is 0.683. The lowest BCUT2D eigenvalue weighted by Crippen LogP contribution is -2.26. The van der Waals surface area contributed by atoms with Crippen molar-refractivity contribution in [3.8, 4) is 17.6 Å². The fraction of sp³-hybridized carbons (Fsp3) is 0.105. The van der Waals surface area contributed by atoms with Gasteiger partial charge in [0.15, 0.2) is 4.90 Å². The van der Waals surface area contributed by atoms with Gasteiger partial charge in [-0.1, -0.05) is 36.1 Å². The van der Waals surface area contributed by atoms with Crippen molar-refractivity contribution in [2.24, 2.45) is 0 Å². The molecule has 138 valence electrons.